The first-order valence-electron chi connectivity index (χ1n) is 5.26. The number of halogens is 2. The van der Waals surface area contributed by atoms with Crippen LogP contribution in [-0.4, -0.2) is 14.8 Å². The maximum Gasteiger partial charge on any atom is 0.167 e. The third-order valence-corrected chi connectivity index (χ3v) is 2.75. The Bertz CT molecular complexity index is 543. The molecule has 2 rings (SSSR count). The van der Waals surface area contributed by atoms with Gasteiger partial charge in [0.1, 0.15) is 6.33 Å². The molecular weight excluding hydrogens is 241 g/mol. The van der Waals surface area contributed by atoms with Crippen LogP contribution in [0, 0.1) is 5.82 Å². The maximum absolute atomic E-state index is 13.9. The van der Waals surface area contributed by atoms with Gasteiger partial charge >= 0.3 is 0 Å². The average Bonchev–Trinajstić information content (AvgIpc) is 2.70. The molecule has 1 aromatic carbocycles. The fraction of sp³-hybridized carbons (Fsp3) is 0.333. The minimum Gasteiger partial charge on any atom is -0.308 e. The summed E-state index contributed by atoms with van der Waals surface area (Å²) >= 11 is 5.76. The molecular formula is C12H13ClFN3. The van der Waals surface area contributed by atoms with Crippen molar-refractivity contribution in [3.05, 3.63) is 35.4 Å². The van der Waals surface area contributed by atoms with Crippen LogP contribution in [0.25, 0.3) is 11.4 Å². The van der Waals surface area contributed by atoms with E-state index < -0.39 is 5.82 Å². The van der Waals surface area contributed by atoms with E-state index in [0.717, 1.165) is 0 Å². The van der Waals surface area contributed by atoms with E-state index in [1.165, 1.54) is 6.07 Å². The van der Waals surface area contributed by atoms with E-state index in [4.69, 9.17) is 11.6 Å². The van der Waals surface area contributed by atoms with Crippen molar-refractivity contribution in [3.63, 3.8) is 0 Å². The zero-order valence-corrected chi connectivity index (χ0v) is 10.7. The largest absolute Gasteiger partial charge is 0.308 e. The molecule has 0 fully saturated rings. The van der Waals surface area contributed by atoms with E-state index in [2.05, 4.69) is 10.2 Å². The molecule has 0 radical (unpaired) electrons. The highest BCUT2D eigenvalue weighted by atomic mass is 35.5. The zero-order valence-electron chi connectivity index (χ0n) is 9.91. The molecule has 0 saturated carbocycles. The minimum atomic E-state index is -0.465. The van der Waals surface area contributed by atoms with E-state index >= 15 is 0 Å². The normalized spacial score (nSPS) is 11.8. The topological polar surface area (TPSA) is 30.7 Å². The molecule has 0 N–H and O–H groups in total. The molecule has 0 spiro atoms. The van der Waals surface area contributed by atoms with Crippen LogP contribution in [-0.2, 0) is 5.54 Å². The molecule has 3 nitrogen and oxygen atoms in total. The second-order valence-electron chi connectivity index (χ2n) is 4.80. The summed E-state index contributed by atoms with van der Waals surface area (Å²) in [5.74, 6) is 0.0187. The van der Waals surface area contributed by atoms with Crippen LogP contribution in [0.15, 0.2) is 24.5 Å². The van der Waals surface area contributed by atoms with Gasteiger partial charge in [0.2, 0.25) is 0 Å². The van der Waals surface area contributed by atoms with Crippen molar-refractivity contribution in [3.8, 4) is 11.4 Å². The van der Waals surface area contributed by atoms with Crippen molar-refractivity contribution in [2.45, 2.75) is 26.3 Å². The maximum atomic E-state index is 13.9. The number of rotatable bonds is 1. The van der Waals surface area contributed by atoms with Crippen molar-refractivity contribution < 1.29 is 4.39 Å². The van der Waals surface area contributed by atoms with Gasteiger partial charge in [0, 0.05) is 5.54 Å². The number of hydrogen-bond donors (Lipinski definition) is 0. The lowest BCUT2D eigenvalue weighted by atomic mass is 10.1. The van der Waals surface area contributed by atoms with E-state index in [9.17, 15) is 4.39 Å². The van der Waals surface area contributed by atoms with Gasteiger partial charge in [-0.2, -0.15) is 0 Å². The third-order valence-electron chi connectivity index (χ3n) is 2.46. The molecule has 2 aromatic rings. The summed E-state index contributed by atoms with van der Waals surface area (Å²) in [6.45, 7) is 6.01. The van der Waals surface area contributed by atoms with Gasteiger partial charge < -0.3 is 4.57 Å². The number of hydrogen-bond acceptors (Lipinski definition) is 2. The van der Waals surface area contributed by atoms with Crippen LogP contribution in [0.5, 0.6) is 0 Å². The molecule has 0 amide bonds. The van der Waals surface area contributed by atoms with Gasteiger partial charge in [-0.05, 0) is 32.9 Å². The number of nitrogens with zero attached hydrogens (tertiary/aromatic N) is 3. The van der Waals surface area contributed by atoms with Crippen molar-refractivity contribution in [2.24, 2.45) is 0 Å². The fourth-order valence-corrected chi connectivity index (χ4v) is 1.76. The zero-order chi connectivity index (χ0) is 12.6. The van der Waals surface area contributed by atoms with Gasteiger partial charge in [0.15, 0.2) is 11.6 Å². The molecule has 0 aliphatic rings. The summed E-state index contributed by atoms with van der Waals surface area (Å²) in [4.78, 5) is 0. The summed E-state index contributed by atoms with van der Waals surface area (Å²) < 4.78 is 15.7. The molecule has 0 aliphatic carbocycles. The highest BCUT2D eigenvalue weighted by Crippen LogP contribution is 2.28. The Hall–Kier alpha value is -1.42. The average molecular weight is 254 g/mol. The van der Waals surface area contributed by atoms with E-state index in [1.807, 2.05) is 25.3 Å². The van der Waals surface area contributed by atoms with Crippen molar-refractivity contribution in [1.29, 1.82) is 0 Å². The van der Waals surface area contributed by atoms with Gasteiger partial charge in [-0.3, -0.25) is 0 Å². The SMILES string of the molecule is CC(C)(C)n1cnnc1-c1cccc(Cl)c1F. The first kappa shape index (κ1) is 12.0. The summed E-state index contributed by atoms with van der Waals surface area (Å²) in [6.07, 6.45) is 1.59. The van der Waals surface area contributed by atoms with Crippen LogP contribution < -0.4 is 0 Å². The quantitative estimate of drug-likeness (QED) is 0.779. The first-order valence-corrected chi connectivity index (χ1v) is 5.64. The highest BCUT2D eigenvalue weighted by molar-refractivity contribution is 6.31. The molecule has 0 aliphatic heterocycles. The summed E-state index contributed by atoms with van der Waals surface area (Å²) in [5, 5.41) is 7.90. The van der Waals surface area contributed by atoms with E-state index in [1.54, 1.807) is 18.5 Å². The summed E-state index contributed by atoms with van der Waals surface area (Å²) in [6, 6.07) is 4.86. The molecule has 0 unspecified atom stereocenters. The molecule has 5 heteroatoms. The van der Waals surface area contributed by atoms with Gasteiger partial charge in [-0.15, -0.1) is 10.2 Å². The van der Waals surface area contributed by atoms with Crippen molar-refractivity contribution >= 4 is 11.6 Å². The molecule has 1 heterocycles. The van der Waals surface area contributed by atoms with Crippen LogP contribution >= 0.6 is 11.6 Å². The second kappa shape index (κ2) is 4.11. The molecule has 0 bridgehead atoms. The van der Waals surface area contributed by atoms with Crippen LogP contribution in [0.4, 0.5) is 4.39 Å². The van der Waals surface area contributed by atoms with Gasteiger partial charge in [-0.1, -0.05) is 17.7 Å². The lowest BCUT2D eigenvalue weighted by molar-refractivity contribution is 0.399. The summed E-state index contributed by atoms with van der Waals surface area (Å²) in [7, 11) is 0. The first-order chi connectivity index (χ1) is 7.91. The Labute approximate surface area is 104 Å². The Morgan fingerprint density at radius 1 is 1.29 bits per heavy atom. The summed E-state index contributed by atoms with van der Waals surface area (Å²) in [5.41, 5.74) is 0.151. The Morgan fingerprint density at radius 2 is 2.00 bits per heavy atom. The predicted octanol–water partition coefficient (Wildman–Crippen LogP) is 3.49. The lowest BCUT2D eigenvalue weighted by Gasteiger charge is -2.22. The van der Waals surface area contributed by atoms with Crippen LogP contribution in [0.1, 0.15) is 20.8 Å². The highest BCUT2D eigenvalue weighted by Gasteiger charge is 2.21. The van der Waals surface area contributed by atoms with Crippen LogP contribution in [0.3, 0.4) is 0 Å². The van der Waals surface area contributed by atoms with Crippen LogP contribution in [0.2, 0.25) is 5.02 Å². The molecule has 17 heavy (non-hydrogen) atoms. The molecule has 1 aromatic heterocycles. The number of aromatic nitrogens is 3. The Balaban J connectivity index is 2.62. The Morgan fingerprint density at radius 3 is 2.65 bits per heavy atom. The molecule has 90 valence electrons. The molecule has 0 atom stereocenters. The predicted molar refractivity (Wildman–Crippen MR) is 65.4 cm³/mol. The minimum absolute atomic E-state index is 0.0889. The van der Waals surface area contributed by atoms with Gasteiger partial charge in [-0.25, -0.2) is 4.39 Å². The van der Waals surface area contributed by atoms with Crippen molar-refractivity contribution in [1.82, 2.24) is 14.8 Å². The molecule has 0 saturated heterocycles. The van der Waals surface area contributed by atoms with Gasteiger partial charge in [0.25, 0.3) is 0 Å². The van der Waals surface area contributed by atoms with Gasteiger partial charge in [0.05, 0.1) is 10.6 Å². The smallest absolute Gasteiger partial charge is 0.167 e. The second-order valence-corrected chi connectivity index (χ2v) is 5.20. The Kier molecular flexibility index (Phi) is 2.91. The van der Waals surface area contributed by atoms with E-state index in [0.29, 0.717) is 11.4 Å². The van der Waals surface area contributed by atoms with E-state index in [-0.39, 0.29) is 10.6 Å². The number of benzene rings is 1. The standard InChI is InChI=1S/C12H13ClFN3/c1-12(2,3)17-7-15-16-11(17)8-5-4-6-9(13)10(8)14/h4-7H,1-3H3. The van der Waals surface area contributed by atoms with Crippen molar-refractivity contribution in [2.75, 3.05) is 0 Å². The lowest BCUT2D eigenvalue weighted by Crippen LogP contribution is -2.22. The fourth-order valence-electron chi connectivity index (χ4n) is 1.59. The third kappa shape index (κ3) is 2.17. The monoisotopic (exact) mass is 253 g/mol.